The number of aromatic amines is 1. The normalized spacial score (nSPS) is 11.4. The molecule has 92 valence electrons. The van der Waals surface area contributed by atoms with Crippen LogP contribution in [0.5, 0.6) is 0 Å². The molecular weight excluding hydrogens is 236 g/mol. The van der Waals surface area contributed by atoms with Crippen LogP contribution in [-0.4, -0.2) is 19.6 Å². The predicted octanol–water partition coefficient (Wildman–Crippen LogP) is 3.19. The van der Waals surface area contributed by atoms with Crippen molar-refractivity contribution in [2.75, 3.05) is 0 Å². The van der Waals surface area contributed by atoms with Crippen LogP contribution in [0.3, 0.4) is 0 Å². The van der Waals surface area contributed by atoms with Gasteiger partial charge in [0.1, 0.15) is 0 Å². The van der Waals surface area contributed by atoms with Gasteiger partial charge in [0, 0.05) is 5.56 Å². The highest BCUT2D eigenvalue weighted by molar-refractivity contribution is 5.79. The molecule has 0 amide bonds. The number of hydrogen-bond donors (Lipinski definition) is 1. The van der Waals surface area contributed by atoms with Gasteiger partial charge < -0.3 is 0 Å². The van der Waals surface area contributed by atoms with E-state index in [-0.39, 0.29) is 0 Å². The van der Waals surface area contributed by atoms with Crippen molar-refractivity contribution in [3.05, 3.63) is 54.1 Å². The molecule has 0 saturated heterocycles. The van der Waals surface area contributed by atoms with E-state index in [4.69, 9.17) is 0 Å². The summed E-state index contributed by atoms with van der Waals surface area (Å²) in [6.07, 6.45) is 0. The number of imidazole rings is 1. The van der Waals surface area contributed by atoms with Crippen LogP contribution in [0.2, 0.25) is 0 Å². The number of fused-ring (bicyclic) bond motifs is 3. The fourth-order valence-electron chi connectivity index (χ4n) is 2.27. The van der Waals surface area contributed by atoms with Gasteiger partial charge in [-0.3, -0.25) is 5.10 Å². The zero-order valence-electron chi connectivity index (χ0n) is 10.5. The number of H-pyrrole nitrogens is 1. The molecule has 19 heavy (non-hydrogen) atoms. The summed E-state index contributed by atoms with van der Waals surface area (Å²) < 4.78 is 1.92. The quantitative estimate of drug-likeness (QED) is 0.562. The van der Waals surface area contributed by atoms with Crippen LogP contribution in [0, 0.1) is 6.92 Å². The van der Waals surface area contributed by atoms with Crippen LogP contribution >= 0.6 is 0 Å². The molecule has 0 aliphatic rings. The van der Waals surface area contributed by atoms with Gasteiger partial charge in [0.05, 0.1) is 11.0 Å². The number of aryl methyl sites for hydroxylation is 1. The molecule has 0 fully saturated rings. The van der Waals surface area contributed by atoms with Gasteiger partial charge in [-0.05, 0) is 19.1 Å². The number of rotatable bonds is 1. The van der Waals surface area contributed by atoms with Gasteiger partial charge in [0.15, 0.2) is 5.82 Å². The largest absolute Gasteiger partial charge is 0.274 e. The number of para-hydroxylation sites is 2. The molecule has 0 unspecified atom stereocenters. The van der Waals surface area contributed by atoms with Crippen molar-refractivity contribution in [3.63, 3.8) is 0 Å². The standard InChI is InChI=1S/C15H12N4/c1-10-6-8-11(9-7-10)14-17-15-16-12-4-2-3-5-13(12)19(15)18-14/h2-9H,1H3,(H,16,17,18). The molecule has 0 aliphatic carbocycles. The van der Waals surface area contributed by atoms with Gasteiger partial charge in [0.2, 0.25) is 0 Å². The van der Waals surface area contributed by atoms with E-state index in [2.05, 4.69) is 46.3 Å². The van der Waals surface area contributed by atoms with E-state index in [1.807, 2.05) is 28.8 Å². The van der Waals surface area contributed by atoms with Gasteiger partial charge in [-0.1, -0.05) is 42.0 Å². The number of nitrogens with one attached hydrogen (secondary N) is 1. The zero-order chi connectivity index (χ0) is 12.8. The molecule has 0 bridgehead atoms. The summed E-state index contributed by atoms with van der Waals surface area (Å²) in [4.78, 5) is 9.05. The number of hydrogen-bond acceptors (Lipinski definition) is 2. The highest BCUT2D eigenvalue weighted by atomic mass is 15.3. The number of nitrogens with zero attached hydrogens (tertiary/aromatic N) is 3. The van der Waals surface area contributed by atoms with Gasteiger partial charge in [0.25, 0.3) is 5.78 Å². The molecule has 0 saturated carbocycles. The Morgan fingerprint density at radius 1 is 0.947 bits per heavy atom. The number of aromatic nitrogens is 4. The maximum Gasteiger partial charge on any atom is 0.252 e. The smallest absolute Gasteiger partial charge is 0.252 e. The molecule has 4 rings (SSSR count). The molecule has 2 aromatic heterocycles. The molecule has 0 spiro atoms. The molecule has 4 nitrogen and oxygen atoms in total. The lowest BCUT2D eigenvalue weighted by molar-refractivity contribution is 1.01. The van der Waals surface area contributed by atoms with Crippen LogP contribution < -0.4 is 0 Å². The van der Waals surface area contributed by atoms with Crippen molar-refractivity contribution >= 4 is 16.8 Å². The Bertz CT molecular complexity index is 868. The third-order valence-electron chi connectivity index (χ3n) is 3.30. The Morgan fingerprint density at radius 2 is 1.74 bits per heavy atom. The maximum absolute atomic E-state index is 4.55. The summed E-state index contributed by atoms with van der Waals surface area (Å²) in [5.74, 6) is 1.55. The summed E-state index contributed by atoms with van der Waals surface area (Å²) in [5.41, 5.74) is 4.31. The van der Waals surface area contributed by atoms with E-state index >= 15 is 0 Å². The van der Waals surface area contributed by atoms with E-state index in [1.54, 1.807) is 0 Å². The molecule has 2 aromatic carbocycles. The molecule has 4 aromatic rings. The topological polar surface area (TPSA) is 46.0 Å². The first-order chi connectivity index (χ1) is 9.31. The van der Waals surface area contributed by atoms with E-state index in [9.17, 15) is 0 Å². The minimum Gasteiger partial charge on any atom is -0.274 e. The minimum atomic E-state index is 0.705. The summed E-state index contributed by atoms with van der Waals surface area (Å²) in [7, 11) is 0. The minimum absolute atomic E-state index is 0.705. The molecule has 0 aliphatic heterocycles. The second-order valence-corrected chi connectivity index (χ2v) is 4.67. The monoisotopic (exact) mass is 248 g/mol. The lowest BCUT2D eigenvalue weighted by atomic mass is 10.1. The highest BCUT2D eigenvalue weighted by Gasteiger charge is 2.09. The fourth-order valence-corrected chi connectivity index (χ4v) is 2.27. The van der Waals surface area contributed by atoms with Crippen LogP contribution in [0.25, 0.3) is 28.2 Å². The lowest BCUT2D eigenvalue weighted by Gasteiger charge is -1.97. The summed E-state index contributed by atoms with van der Waals surface area (Å²) >= 11 is 0. The van der Waals surface area contributed by atoms with Crippen molar-refractivity contribution in [2.45, 2.75) is 6.92 Å². The summed E-state index contributed by atoms with van der Waals surface area (Å²) in [6, 6.07) is 16.3. The Kier molecular flexibility index (Phi) is 2.00. The zero-order valence-corrected chi connectivity index (χ0v) is 10.5. The first kappa shape index (κ1) is 10.3. The van der Waals surface area contributed by atoms with E-state index in [0.29, 0.717) is 5.78 Å². The summed E-state index contributed by atoms with van der Waals surface area (Å²) in [6.45, 7) is 2.08. The van der Waals surface area contributed by atoms with Crippen LogP contribution in [0.1, 0.15) is 5.56 Å². The molecule has 0 atom stereocenters. The Hall–Kier alpha value is -2.62. The van der Waals surface area contributed by atoms with Crippen molar-refractivity contribution in [1.82, 2.24) is 19.6 Å². The number of benzene rings is 2. The van der Waals surface area contributed by atoms with Crippen molar-refractivity contribution in [2.24, 2.45) is 0 Å². The molecular formula is C15H12N4. The maximum atomic E-state index is 4.55. The van der Waals surface area contributed by atoms with E-state index in [0.717, 1.165) is 22.4 Å². The Balaban J connectivity index is 1.94. The second-order valence-electron chi connectivity index (χ2n) is 4.67. The van der Waals surface area contributed by atoms with Gasteiger partial charge in [-0.15, -0.1) is 0 Å². The van der Waals surface area contributed by atoms with E-state index in [1.165, 1.54) is 5.56 Å². The Labute approximate surface area is 109 Å². The lowest BCUT2D eigenvalue weighted by Crippen LogP contribution is -1.85. The van der Waals surface area contributed by atoms with Crippen LogP contribution in [0.15, 0.2) is 48.5 Å². The van der Waals surface area contributed by atoms with Gasteiger partial charge in [-0.2, -0.15) is 4.98 Å². The summed E-state index contributed by atoms with van der Waals surface area (Å²) in [5, 5.41) is 3.30. The first-order valence-corrected chi connectivity index (χ1v) is 6.21. The SMILES string of the molecule is Cc1ccc(-c2nc3nc4ccccc4n3[nH]2)cc1. The van der Waals surface area contributed by atoms with Crippen LogP contribution in [0.4, 0.5) is 0 Å². The molecule has 0 radical (unpaired) electrons. The highest BCUT2D eigenvalue weighted by Crippen LogP contribution is 2.20. The molecule has 1 N–H and O–H groups in total. The third-order valence-corrected chi connectivity index (χ3v) is 3.30. The third kappa shape index (κ3) is 1.53. The van der Waals surface area contributed by atoms with E-state index < -0.39 is 0 Å². The first-order valence-electron chi connectivity index (χ1n) is 6.21. The predicted molar refractivity (Wildman–Crippen MR) is 75.0 cm³/mol. The van der Waals surface area contributed by atoms with Crippen molar-refractivity contribution in [3.8, 4) is 11.4 Å². The fraction of sp³-hybridized carbons (Fsp3) is 0.0667. The van der Waals surface area contributed by atoms with Crippen molar-refractivity contribution < 1.29 is 0 Å². The van der Waals surface area contributed by atoms with Gasteiger partial charge in [-0.25, -0.2) is 9.50 Å². The molecule has 4 heteroatoms. The molecule has 2 heterocycles. The van der Waals surface area contributed by atoms with Crippen LogP contribution in [-0.2, 0) is 0 Å². The second kappa shape index (κ2) is 3.68. The van der Waals surface area contributed by atoms with Crippen molar-refractivity contribution in [1.29, 1.82) is 0 Å². The van der Waals surface area contributed by atoms with Gasteiger partial charge >= 0.3 is 0 Å². The average Bonchev–Trinajstić information content (AvgIpc) is 2.97. The average molecular weight is 248 g/mol. The Morgan fingerprint density at radius 3 is 2.58 bits per heavy atom.